The molecule has 0 fully saturated rings. The highest BCUT2D eigenvalue weighted by molar-refractivity contribution is 5.81. The Morgan fingerprint density at radius 3 is 2.80 bits per heavy atom. The fraction of sp³-hybridized carbons (Fsp3) is 0.333. The highest BCUT2D eigenvalue weighted by atomic mass is 16.5. The Morgan fingerprint density at radius 1 is 1.30 bits per heavy atom. The molecule has 30 heavy (non-hydrogen) atoms. The topological polar surface area (TPSA) is 132 Å². The van der Waals surface area contributed by atoms with Crippen LogP contribution in [0.3, 0.4) is 0 Å². The van der Waals surface area contributed by atoms with Gasteiger partial charge in [0.25, 0.3) is 0 Å². The van der Waals surface area contributed by atoms with Crippen LogP contribution < -0.4 is 16.9 Å². The standard InChI is InChI=1S/C21H25N7O2/c22-19(27-23)6-3-9-30-21(29)28-8-7-18-16(13-28)12-24-20(26-18)25-17-10-14-4-1-2-5-15(14)11-17/h1-5,9,12,17H,6-8,10-11,13,23H2,(H2,22,27)(H,24,25,26)/b9-3+. The van der Waals surface area contributed by atoms with E-state index in [-0.39, 0.29) is 5.84 Å². The van der Waals surface area contributed by atoms with Crippen molar-refractivity contribution >= 4 is 17.9 Å². The Hall–Kier alpha value is -3.62. The molecular weight excluding hydrogens is 382 g/mol. The molecule has 0 atom stereocenters. The average Bonchev–Trinajstić information content (AvgIpc) is 3.18. The summed E-state index contributed by atoms with van der Waals surface area (Å²) in [6.07, 6.45) is 7.19. The van der Waals surface area contributed by atoms with E-state index in [1.54, 1.807) is 17.2 Å². The Balaban J connectivity index is 1.32. The van der Waals surface area contributed by atoms with Crippen molar-refractivity contribution in [1.82, 2.24) is 14.9 Å². The van der Waals surface area contributed by atoms with Crippen LogP contribution in [-0.4, -0.2) is 39.4 Å². The normalized spacial score (nSPS) is 16.4. The van der Waals surface area contributed by atoms with E-state index in [1.807, 2.05) is 0 Å². The molecule has 0 saturated carbocycles. The number of hydrogen-bond donors (Lipinski definition) is 3. The Kier molecular flexibility index (Phi) is 5.78. The molecule has 1 aliphatic heterocycles. The molecule has 9 heteroatoms. The van der Waals surface area contributed by atoms with Crippen molar-refractivity contribution in [1.29, 1.82) is 0 Å². The van der Waals surface area contributed by atoms with Crippen molar-refractivity contribution in [2.24, 2.45) is 16.7 Å². The van der Waals surface area contributed by atoms with Gasteiger partial charge in [-0.05, 0) is 30.0 Å². The molecule has 156 valence electrons. The first-order valence-corrected chi connectivity index (χ1v) is 9.93. The van der Waals surface area contributed by atoms with Crippen LogP contribution in [0.1, 0.15) is 28.8 Å². The van der Waals surface area contributed by atoms with Gasteiger partial charge < -0.3 is 26.5 Å². The zero-order valence-corrected chi connectivity index (χ0v) is 16.6. The number of rotatable bonds is 5. The number of amidine groups is 1. The Bertz CT molecular complexity index is 964. The smallest absolute Gasteiger partial charge is 0.414 e. The van der Waals surface area contributed by atoms with Gasteiger partial charge in [-0.1, -0.05) is 24.3 Å². The van der Waals surface area contributed by atoms with Crippen molar-refractivity contribution in [3.05, 3.63) is 65.2 Å². The lowest BCUT2D eigenvalue weighted by Gasteiger charge is -2.27. The molecule has 1 amide bonds. The maximum Gasteiger partial charge on any atom is 0.414 e. The van der Waals surface area contributed by atoms with Crippen LogP contribution in [0.2, 0.25) is 0 Å². The predicted molar refractivity (Wildman–Crippen MR) is 113 cm³/mol. The molecule has 2 aromatic rings. The lowest BCUT2D eigenvalue weighted by atomic mass is 10.1. The number of hydrazone groups is 1. The number of aromatic nitrogens is 2. The molecular formula is C21H25N7O2. The average molecular weight is 407 g/mol. The van der Waals surface area contributed by atoms with Gasteiger partial charge in [-0.15, -0.1) is 0 Å². The zero-order chi connectivity index (χ0) is 20.9. The van der Waals surface area contributed by atoms with Crippen LogP contribution in [-0.2, 0) is 30.5 Å². The van der Waals surface area contributed by atoms with Crippen molar-refractivity contribution in [2.45, 2.75) is 38.3 Å². The fourth-order valence-electron chi connectivity index (χ4n) is 3.79. The van der Waals surface area contributed by atoms with Crippen molar-refractivity contribution in [3.8, 4) is 0 Å². The van der Waals surface area contributed by atoms with Crippen LogP contribution in [0.4, 0.5) is 10.7 Å². The van der Waals surface area contributed by atoms with Gasteiger partial charge in [0.2, 0.25) is 5.95 Å². The molecule has 1 aromatic carbocycles. The lowest BCUT2D eigenvalue weighted by Crippen LogP contribution is -2.36. The van der Waals surface area contributed by atoms with Gasteiger partial charge in [-0.25, -0.2) is 14.8 Å². The van der Waals surface area contributed by atoms with Crippen LogP contribution in [0.5, 0.6) is 0 Å². The van der Waals surface area contributed by atoms with E-state index in [4.69, 9.17) is 16.3 Å². The third-order valence-electron chi connectivity index (χ3n) is 5.33. The van der Waals surface area contributed by atoms with Crippen LogP contribution in [0.25, 0.3) is 0 Å². The van der Waals surface area contributed by atoms with Gasteiger partial charge in [0, 0.05) is 37.2 Å². The summed E-state index contributed by atoms with van der Waals surface area (Å²) >= 11 is 0. The van der Waals surface area contributed by atoms with Crippen molar-refractivity contribution < 1.29 is 9.53 Å². The molecule has 1 aromatic heterocycles. The molecule has 0 radical (unpaired) electrons. The molecule has 9 nitrogen and oxygen atoms in total. The summed E-state index contributed by atoms with van der Waals surface area (Å²) in [7, 11) is 0. The Morgan fingerprint density at radius 2 is 2.07 bits per heavy atom. The highest BCUT2D eigenvalue weighted by Crippen LogP contribution is 2.24. The van der Waals surface area contributed by atoms with Gasteiger partial charge in [0.05, 0.1) is 18.5 Å². The number of nitrogens with zero attached hydrogens (tertiary/aromatic N) is 4. The van der Waals surface area contributed by atoms with Gasteiger partial charge >= 0.3 is 6.09 Å². The van der Waals surface area contributed by atoms with Crippen molar-refractivity contribution in [3.63, 3.8) is 0 Å². The van der Waals surface area contributed by atoms with E-state index in [0.717, 1.165) is 24.1 Å². The zero-order valence-electron chi connectivity index (χ0n) is 16.6. The molecule has 0 bridgehead atoms. The first-order valence-electron chi connectivity index (χ1n) is 9.93. The number of hydrogen-bond acceptors (Lipinski definition) is 7. The Labute approximate surface area is 174 Å². The van der Waals surface area contributed by atoms with E-state index in [2.05, 4.69) is 44.7 Å². The number of fused-ring (bicyclic) bond motifs is 2. The quantitative estimate of drug-likeness (QED) is 0.226. The maximum atomic E-state index is 12.2. The molecule has 2 heterocycles. The minimum atomic E-state index is -0.425. The second-order valence-corrected chi connectivity index (χ2v) is 7.44. The van der Waals surface area contributed by atoms with Crippen LogP contribution >= 0.6 is 0 Å². The minimum absolute atomic E-state index is 0.261. The maximum absolute atomic E-state index is 12.2. The summed E-state index contributed by atoms with van der Waals surface area (Å²) in [5.74, 6) is 5.95. The molecule has 4 rings (SSSR count). The monoisotopic (exact) mass is 407 g/mol. The predicted octanol–water partition coefficient (Wildman–Crippen LogP) is 1.69. The lowest BCUT2D eigenvalue weighted by molar-refractivity contribution is 0.131. The van der Waals surface area contributed by atoms with Gasteiger partial charge in [-0.2, -0.15) is 5.10 Å². The number of nitrogens with two attached hydrogens (primary N) is 2. The molecule has 5 N–H and O–H groups in total. The van der Waals surface area contributed by atoms with E-state index < -0.39 is 6.09 Å². The number of ether oxygens (including phenoxy) is 1. The number of anilines is 1. The summed E-state index contributed by atoms with van der Waals surface area (Å²) in [5.41, 5.74) is 10.1. The second kappa shape index (κ2) is 8.81. The molecule has 0 unspecified atom stereocenters. The second-order valence-electron chi connectivity index (χ2n) is 7.44. The van der Waals surface area contributed by atoms with Gasteiger partial charge in [-0.3, -0.25) is 0 Å². The van der Waals surface area contributed by atoms with Gasteiger partial charge in [0.15, 0.2) is 0 Å². The minimum Gasteiger partial charge on any atom is -0.418 e. The highest BCUT2D eigenvalue weighted by Gasteiger charge is 2.25. The first kappa shape index (κ1) is 19.7. The number of carbonyl (C=O) groups excluding carboxylic acids is 1. The molecule has 0 spiro atoms. The molecule has 2 aliphatic rings. The third-order valence-corrected chi connectivity index (χ3v) is 5.33. The van der Waals surface area contributed by atoms with E-state index in [0.29, 0.717) is 37.9 Å². The summed E-state index contributed by atoms with van der Waals surface area (Å²) in [4.78, 5) is 23.0. The number of nitrogens with one attached hydrogen (secondary N) is 1. The van der Waals surface area contributed by atoms with E-state index >= 15 is 0 Å². The summed E-state index contributed by atoms with van der Waals surface area (Å²) in [6, 6.07) is 8.81. The van der Waals surface area contributed by atoms with Crippen molar-refractivity contribution in [2.75, 3.05) is 11.9 Å². The fourth-order valence-corrected chi connectivity index (χ4v) is 3.79. The van der Waals surface area contributed by atoms with E-state index in [9.17, 15) is 4.79 Å². The van der Waals surface area contributed by atoms with Crippen LogP contribution in [0.15, 0.2) is 47.9 Å². The first-order chi connectivity index (χ1) is 14.6. The SMILES string of the molecule is NN=C(N)C/C=C/OC(=O)N1CCc2nc(NC3Cc4ccccc4C3)ncc2C1. The number of amides is 1. The van der Waals surface area contributed by atoms with Crippen LogP contribution in [0, 0.1) is 0 Å². The molecule has 0 saturated heterocycles. The third kappa shape index (κ3) is 4.51. The summed E-state index contributed by atoms with van der Waals surface area (Å²) in [6.45, 7) is 0.959. The summed E-state index contributed by atoms with van der Waals surface area (Å²) < 4.78 is 5.14. The molecule has 1 aliphatic carbocycles. The van der Waals surface area contributed by atoms with Gasteiger partial charge in [0.1, 0.15) is 5.84 Å². The largest absolute Gasteiger partial charge is 0.418 e. The number of benzene rings is 1. The van der Waals surface area contributed by atoms with E-state index in [1.165, 1.54) is 17.4 Å². The number of carbonyl (C=O) groups is 1. The summed E-state index contributed by atoms with van der Waals surface area (Å²) in [5, 5.41) is 6.80.